The molecule has 102 valence electrons. The molecule has 0 bridgehead atoms. The summed E-state index contributed by atoms with van der Waals surface area (Å²) in [5, 5.41) is 13.8. The molecule has 0 fully saturated rings. The normalized spacial score (nSPS) is 11.8. The van der Waals surface area contributed by atoms with Crippen LogP contribution in [-0.4, -0.2) is 27.3 Å². The van der Waals surface area contributed by atoms with E-state index in [1.807, 2.05) is 0 Å². The van der Waals surface area contributed by atoms with Gasteiger partial charge >= 0.3 is 6.18 Å². The molecule has 0 aliphatic carbocycles. The van der Waals surface area contributed by atoms with Crippen molar-refractivity contribution in [2.75, 3.05) is 7.05 Å². The second kappa shape index (κ2) is 4.96. The van der Waals surface area contributed by atoms with E-state index in [2.05, 4.69) is 20.8 Å². The van der Waals surface area contributed by atoms with Crippen molar-refractivity contribution in [3.05, 3.63) is 35.2 Å². The predicted octanol–water partition coefficient (Wildman–Crippen LogP) is 1.71. The number of halogens is 3. The van der Waals surface area contributed by atoms with Crippen LogP contribution in [0.15, 0.2) is 18.2 Å². The number of benzene rings is 1. The molecular formula is C11H12F3N5. The molecule has 1 heterocycles. The molecule has 2 rings (SSSR count). The summed E-state index contributed by atoms with van der Waals surface area (Å²) in [6.07, 6.45) is -4.39. The summed E-state index contributed by atoms with van der Waals surface area (Å²) in [6, 6.07) is 4.01. The quantitative estimate of drug-likeness (QED) is 0.923. The van der Waals surface area contributed by atoms with Crippen molar-refractivity contribution in [2.24, 2.45) is 0 Å². The summed E-state index contributed by atoms with van der Waals surface area (Å²) >= 11 is 0. The van der Waals surface area contributed by atoms with Crippen molar-refractivity contribution in [2.45, 2.75) is 19.6 Å². The highest BCUT2D eigenvalue weighted by molar-refractivity contribution is 5.41. The van der Waals surface area contributed by atoms with Gasteiger partial charge in [0, 0.05) is 0 Å². The third-order valence-corrected chi connectivity index (χ3v) is 2.64. The highest BCUT2D eigenvalue weighted by atomic mass is 19.4. The summed E-state index contributed by atoms with van der Waals surface area (Å²) in [6.45, 7) is 1.78. The Balaban J connectivity index is 2.49. The maximum atomic E-state index is 12.8. The van der Waals surface area contributed by atoms with Gasteiger partial charge in [0.05, 0.1) is 17.8 Å². The molecule has 19 heavy (non-hydrogen) atoms. The van der Waals surface area contributed by atoms with Gasteiger partial charge in [-0.05, 0) is 42.1 Å². The fourth-order valence-electron chi connectivity index (χ4n) is 1.72. The molecule has 1 aromatic heterocycles. The SMILES string of the molecule is CNCc1nnnn1-c1ccc(C)c(C(F)(F)F)c1. The van der Waals surface area contributed by atoms with Gasteiger partial charge in [-0.3, -0.25) is 0 Å². The van der Waals surface area contributed by atoms with Crippen LogP contribution in [-0.2, 0) is 12.7 Å². The Kier molecular flexibility index (Phi) is 3.52. The van der Waals surface area contributed by atoms with E-state index in [0.717, 1.165) is 6.07 Å². The molecule has 1 N–H and O–H groups in total. The fourth-order valence-corrected chi connectivity index (χ4v) is 1.72. The zero-order chi connectivity index (χ0) is 14.0. The van der Waals surface area contributed by atoms with Crippen LogP contribution >= 0.6 is 0 Å². The van der Waals surface area contributed by atoms with Crippen molar-refractivity contribution in [1.29, 1.82) is 0 Å². The van der Waals surface area contributed by atoms with Crippen LogP contribution < -0.4 is 5.32 Å². The van der Waals surface area contributed by atoms with Gasteiger partial charge in [0.2, 0.25) is 0 Å². The maximum Gasteiger partial charge on any atom is 0.416 e. The highest BCUT2D eigenvalue weighted by Gasteiger charge is 2.32. The monoisotopic (exact) mass is 271 g/mol. The van der Waals surface area contributed by atoms with E-state index in [1.165, 1.54) is 17.7 Å². The minimum atomic E-state index is -4.39. The minimum absolute atomic E-state index is 0.166. The molecule has 0 spiro atoms. The van der Waals surface area contributed by atoms with E-state index < -0.39 is 11.7 Å². The van der Waals surface area contributed by atoms with E-state index in [-0.39, 0.29) is 11.3 Å². The molecule has 5 nitrogen and oxygen atoms in total. The standard InChI is InChI=1S/C11H12F3N5/c1-7-3-4-8(5-9(7)11(12,13)14)19-10(6-15-2)16-17-18-19/h3-5,15H,6H2,1-2H3. The second-order valence-electron chi connectivity index (χ2n) is 4.03. The maximum absolute atomic E-state index is 12.8. The van der Waals surface area contributed by atoms with E-state index in [0.29, 0.717) is 12.4 Å². The first-order valence-corrected chi connectivity index (χ1v) is 5.53. The van der Waals surface area contributed by atoms with Gasteiger partial charge in [-0.25, -0.2) is 0 Å². The number of hydrogen-bond acceptors (Lipinski definition) is 4. The Labute approximate surface area is 107 Å². The number of nitrogens with one attached hydrogen (secondary N) is 1. The first kappa shape index (κ1) is 13.5. The average Bonchev–Trinajstić information content (AvgIpc) is 2.77. The van der Waals surface area contributed by atoms with Crippen molar-refractivity contribution in [1.82, 2.24) is 25.5 Å². The summed E-state index contributed by atoms with van der Waals surface area (Å²) in [7, 11) is 1.70. The Hall–Kier alpha value is -1.96. The summed E-state index contributed by atoms with van der Waals surface area (Å²) in [5.41, 5.74) is -0.233. The number of tetrazole rings is 1. The van der Waals surface area contributed by atoms with Gasteiger partial charge in [-0.2, -0.15) is 17.9 Å². The van der Waals surface area contributed by atoms with Crippen LogP contribution in [0.3, 0.4) is 0 Å². The first-order chi connectivity index (χ1) is 8.93. The van der Waals surface area contributed by atoms with Crippen molar-refractivity contribution in [3.63, 3.8) is 0 Å². The zero-order valence-electron chi connectivity index (χ0n) is 10.4. The van der Waals surface area contributed by atoms with Crippen LogP contribution in [0.5, 0.6) is 0 Å². The van der Waals surface area contributed by atoms with Crippen molar-refractivity contribution in [3.8, 4) is 5.69 Å². The molecule has 1 aromatic carbocycles. The van der Waals surface area contributed by atoms with E-state index in [1.54, 1.807) is 13.1 Å². The van der Waals surface area contributed by atoms with Crippen LogP contribution in [0.2, 0.25) is 0 Å². The molecule has 0 saturated heterocycles. The molecule has 0 atom stereocenters. The van der Waals surface area contributed by atoms with E-state index >= 15 is 0 Å². The van der Waals surface area contributed by atoms with Crippen LogP contribution in [0, 0.1) is 6.92 Å². The van der Waals surface area contributed by atoms with Crippen LogP contribution in [0.4, 0.5) is 13.2 Å². The lowest BCUT2D eigenvalue weighted by Gasteiger charge is -2.12. The summed E-state index contributed by atoms with van der Waals surface area (Å²) in [4.78, 5) is 0. The van der Waals surface area contributed by atoms with Crippen molar-refractivity contribution < 1.29 is 13.2 Å². The first-order valence-electron chi connectivity index (χ1n) is 5.53. The van der Waals surface area contributed by atoms with Gasteiger partial charge < -0.3 is 5.32 Å². The van der Waals surface area contributed by atoms with E-state index in [4.69, 9.17) is 0 Å². The van der Waals surface area contributed by atoms with Gasteiger partial charge in [-0.15, -0.1) is 5.10 Å². The molecule has 0 radical (unpaired) electrons. The molecule has 8 heteroatoms. The molecule has 0 aliphatic heterocycles. The lowest BCUT2D eigenvalue weighted by Crippen LogP contribution is -2.14. The number of alkyl halides is 3. The third kappa shape index (κ3) is 2.73. The molecule has 0 unspecified atom stereocenters. The lowest BCUT2D eigenvalue weighted by molar-refractivity contribution is -0.138. The number of rotatable bonds is 3. The minimum Gasteiger partial charge on any atom is -0.313 e. The molecule has 0 saturated carbocycles. The van der Waals surface area contributed by atoms with Gasteiger partial charge in [0.1, 0.15) is 0 Å². The van der Waals surface area contributed by atoms with Crippen LogP contribution in [0.1, 0.15) is 17.0 Å². The number of aryl methyl sites for hydroxylation is 1. The molecular weight excluding hydrogens is 259 g/mol. The summed E-state index contributed by atoms with van der Waals surface area (Å²) in [5.74, 6) is 0.444. The van der Waals surface area contributed by atoms with Crippen LogP contribution in [0.25, 0.3) is 5.69 Å². The predicted molar refractivity (Wildman–Crippen MR) is 61.7 cm³/mol. The Morgan fingerprint density at radius 1 is 1.32 bits per heavy atom. The molecule has 0 aliphatic rings. The Morgan fingerprint density at radius 2 is 2.05 bits per heavy atom. The van der Waals surface area contributed by atoms with Gasteiger partial charge in [0.25, 0.3) is 0 Å². The summed E-state index contributed by atoms with van der Waals surface area (Å²) < 4.78 is 39.8. The third-order valence-electron chi connectivity index (χ3n) is 2.64. The Bertz CT molecular complexity index is 576. The van der Waals surface area contributed by atoms with Crippen molar-refractivity contribution >= 4 is 0 Å². The van der Waals surface area contributed by atoms with Gasteiger partial charge in [0.15, 0.2) is 5.82 Å². The molecule has 2 aromatic rings. The Morgan fingerprint density at radius 3 is 2.68 bits per heavy atom. The second-order valence-corrected chi connectivity index (χ2v) is 4.03. The largest absolute Gasteiger partial charge is 0.416 e. The lowest BCUT2D eigenvalue weighted by atomic mass is 10.1. The number of aromatic nitrogens is 4. The number of hydrogen-bond donors (Lipinski definition) is 1. The highest BCUT2D eigenvalue weighted by Crippen LogP contribution is 2.33. The fraction of sp³-hybridized carbons (Fsp3) is 0.364. The average molecular weight is 271 g/mol. The molecule has 0 amide bonds. The number of nitrogens with zero attached hydrogens (tertiary/aromatic N) is 4. The zero-order valence-corrected chi connectivity index (χ0v) is 10.4. The van der Waals surface area contributed by atoms with Gasteiger partial charge in [-0.1, -0.05) is 6.07 Å². The van der Waals surface area contributed by atoms with E-state index in [9.17, 15) is 13.2 Å². The smallest absolute Gasteiger partial charge is 0.313 e. The topological polar surface area (TPSA) is 55.6 Å².